The molecule has 2 atom stereocenters. The average Bonchev–Trinajstić information content (AvgIpc) is 3.26. The lowest BCUT2D eigenvalue weighted by Crippen LogP contribution is -2.53. The maximum atomic E-state index is 15.8. The summed E-state index contributed by atoms with van der Waals surface area (Å²) in [5, 5.41) is 1.77. The fraction of sp³-hybridized carbons (Fsp3) is 0.615. The van der Waals surface area contributed by atoms with Crippen molar-refractivity contribution in [2.24, 2.45) is 5.41 Å². The zero-order valence-electron chi connectivity index (χ0n) is 31.0. The number of halogens is 2. The van der Waals surface area contributed by atoms with Crippen LogP contribution in [0, 0.1) is 17.0 Å². The van der Waals surface area contributed by atoms with Gasteiger partial charge in [0.15, 0.2) is 0 Å². The second-order valence-electron chi connectivity index (χ2n) is 16.6. The molecule has 0 bridgehead atoms. The summed E-state index contributed by atoms with van der Waals surface area (Å²) < 4.78 is 30.8. The number of carbonyl (C=O) groups excluding carboxylic acids is 3. The fourth-order valence-corrected chi connectivity index (χ4v) is 9.29. The van der Waals surface area contributed by atoms with Gasteiger partial charge in [-0.1, -0.05) is 39.0 Å². The minimum atomic E-state index is -0.673. The molecule has 0 aliphatic carbocycles. The molecule has 0 saturated carbocycles. The molecule has 0 spiro atoms. The van der Waals surface area contributed by atoms with E-state index in [0.29, 0.717) is 69.8 Å². The van der Waals surface area contributed by atoms with E-state index >= 15 is 8.78 Å². The molecule has 4 aliphatic rings. The van der Waals surface area contributed by atoms with Crippen molar-refractivity contribution >= 4 is 41.0 Å². The standard InChI is InChI=1S/C39H54F2N6O3S.2H2/c1-38(2,3)14-18-47-35(49)32(51-36(47)29-23-27(40)24-30(41)34(29)44-19-21-45(22-20-44)39(4,5)6)25-33(48)43-15-12-28(13-16-43)46-17-11-26-9-7-8-10-31(26)42-37(46)50;;/h7-10,23-24,28,32,36H,11-22,25H2,1-6H3,(H,42,50);2*1H/t32-,36?;;/m0../s1. The molecule has 9 nitrogen and oxygen atoms in total. The van der Waals surface area contributed by atoms with Gasteiger partial charge in [0.1, 0.15) is 17.0 Å². The van der Waals surface area contributed by atoms with Crippen LogP contribution in [0.3, 0.4) is 0 Å². The van der Waals surface area contributed by atoms with E-state index in [1.807, 2.05) is 39.0 Å². The van der Waals surface area contributed by atoms with Crippen LogP contribution in [0.4, 0.5) is 25.0 Å². The van der Waals surface area contributed by atoms with Gasteiger partial charge in [-0.25, -0.2) is 13.6 Å². The quantitative estimate of drug-likeness (QED) is 0.325. The summed E-state index contributed by atoms with van der Waals surface area (Å²) in [7, 11) is 0. The van der Waals surface area contributed by atoms with E-state index in [-0.39, 0.29) is 44.1 Å². The summed E-state index contributed by atoms with van der Waals surface area (Å²) >= 11 is 1.34. The third-order valence-electron chi connectivity index (χ3n) is 10.9. The predicted octanol–water partition coefficient (Wildman–Crippen LogP) is 7.23. The lowest BCUT2D eigenvalue weighted by atomic mass is 9.92. The summed E-state index contributed by atoms with van der Waals surface area (Å²) in [5.41, 5.74) is 2.69. The first-order valence-corrected chi connectivity index (χ1v) is 19.4. The molecule has 1 unspecified atom stereocenters. The van der Waals surface area contributed by atoms with Crippen molar-refractivity contribution in [3.05, 3.63) is 59.2 Å². The number of nitrogens with one attached hydrogen (secondary N) is 1. The van der Waals surface area contributed by atoms with Crippen LogP contribution in [0.15, 0.2) is 36.4 Å². The van der Waals surface area contributed by atoms with Gasteiger partial charge in [0.2, 0.25) is 11.8 Å². The first-order chi connectivity index (χ1) is 24.1. The van der Waals surface area contributed by atoms with E-state index in [9.17, 15) is 14.4 Å². The molecule has 3 fully saturated rings. The van der Waals surface area contributed by atoms with Crippen LogP contribution in [0.2, 0.25) is 0 Å². The van der Waals surface area contributed by atoms with Crippen molar-refractivity contribution in [2.45, 2.75) is 95.9 Å². The Kier molecular flexibility index (Phi) is 10.9. The zero-order valence-corrected chi connectivity index (χ0v) is 31.8. The van der Waals surface area contributed by atoms with Gasteiger partial charge in [-0.3, -0.25) is 14.5 Å². The van der Waals surface area contributed by atoms with E-state index in [0.717, 1.165) is 36.8 Å². The Morgan fingerprint density at radius 1 is 0.941 bits per heavy atom. The third-order valence-corrected chi connectivity index (χ3v) is 12.3. The van der Waals surface area contributed by atoms with Crippen LogP contribution in [0.25, 0.3) is 0 Å². The number of piperidine rings is 1. The first-order valence-electron chi connectivity index (χ1n) is 18.5. The Bertz CT molecular complexity index is 1620. The molecule has 2 aromatic carbocycles. The normalized spacial score (nSPS) is 22.7. The fourth-order valence-electron chi connectivity index (χ4n) is 7.81. The number of thioether (sulfide) groups is 1. The van der Waals surface area contributed by atoms with E-state index in [1.54, 1.807) is 4.90 Å². The SMILES string of the molecule is CC(C)(C)CCN1C(=O)[C@H](CC(=O)N2CCC(N3CCc4ccccc4NC3=O)CC2)SC1c1cc(F)cc(F)c1N1CCN(C(C)(C)C)CC1.[HH].[HH]. The number of urea groups is 1. The van der Waals surface area contributed by atoms with E-state index in [2.05, 4.69) is 51.8 Å². The van der Waals surface area contributed by atoms with Crippen molar-refractivity contribution in [1.29, 1.82) is 0 Å². The second kappa shape index (κ2) is 14.9. The van der Waals surface area contributed by atoms with E-state index in [1.165, 1.54) is 17.8 Å². The lowest BCUT2D eigenvalue weighted by molar-refractivity contribution is -0.137. The molecule has 1 N–H and O–H groups in total. The number of piperazine rings is 1. The molecular weight excluding hydrogens is 671 g/mol. The molecule has 6 rings (SSSR count). The highest BCUT2D eigenvalue weighted by atomic mass is 32.2. The summed E-state index contributed by atoms with van der Waals surface area (Å²) in [4.78, 5) is 50.8. The summed E-state index contributed by atoms with van der Waals surface area (Å²) in [6.07, 6.45) is 2.82. The molecule has 0 aromatic heterocycles. The maximum Gasteiger partial charge on any atom is 0.322 e. The van der Waals surface area contributed by atoms with Crippen molar-refractivity contribution in [3.63, 3.8) is 0 Å². The minimum absolute atomic E-state index is 0. The molecule has 51 heavy (non-hydrogen) atoms. The topological polar surface area (TPSA) is 79.4 Å². The van der Waals surface area contributed by atoms with Gasteiger partial charge in [-0.05, 0) is 69.6 Å². The maximum absolute atomic E-state index is 15.8. The Balaban J connectivity index is 0.00000314. The van der Waals surface area contributed by atoms with Crippen molar-refractivity contribution in [1.82, 2.24) is 19.6 Å². The second-order valence-corrected chi connectivity index (χ2v) is 17.9. The Morgan fingerprint density at radius 2 is 1.63 bits per heavy atom. The van der Waals surface area contributed by atoms with Gasteiger partial charge in [-0.2, -0.15) is 0 Å². The molecule has 2 aromatic rings. The highest BCUT2D eigenvalue weighted by Gasteiger charge is 2.45. The molecule has 4 amide bonds. The lowest BCUT2D eigenvalue weighted by Gasteiger charge is -2.44. The summed E-state index contributed by atoms with van der Waals surface area (Å²) in [5.74, 6) is -1.56. The molecule has 0 radical (unpaired) electrons. The molecule has 12 heteroatoms. The first kappa shape index (κ1) is 37.4. The van der Waals surface area contributed by atoms with Crippen LogP contribution in [0.5, 0.6) is 0 Å². The number of fused-ring (bicyclic) bond motifs is 1. The van der Waals surface area contributed by atoms with Gasteiger partial charge in [0.25, 0.3) is 0 Å². The average molecular weight is 729 g/mol. The highest BCUT2D eigenvalue weighted by Crippen LogP contribution is 2.49. The summed E-state index contributed by atoms with van der Waals surface area (Å²) in [6, 6.07) is 10.1. The van der Waals surface area contributed by atoms with Gasteiger partial charge >= 0.3 is 6.03 Å². The largest absolute Gasteiger partial charge is 0.366 e. The Labute approximate surface area is 309 Å². The molecule has 4 aliphatic heterocycles. The number of amides is 4. The van der Waals surface area contributed by atoms with Crippen LogP contribution in [-0.4, -0.2) is 107 Å². The number of hydrogen-bond acceptors (Lipinski definition) is 6. The molecule has 282 valence electrons. The van der Waals surface area contributed by atoms with Crippen molar-refractivity contribution in [3.8, 4) is 0 Å². The van der Waals surface area contributed by atoms with E-state index in [4.69, 9.17) is 0 Å². The predicted molar refractivity (Wildman–Crippen MR) is 204 cm³/mol. The highest BCUT2D eigenvalue weighted by molar-refractivity contribution is 8.01. The van der Waals surface area contributed by atoms with Crippen LogP contribution in [-0.2, 0) is 16.0 Å². The van der Waals surface area contributed by atoms with Crippen LogP contribution in [0.1, 0.15) is 86.6 Å². The molecule has 4 heterocycles. The molecule has 3 saturated heterocycles. The van der Waals surface area contributed by atoms with Gasteiger partial charge < -0.3 is 24.9 Å². The van der Waals surface area contributed by atoms with Crippen LogP contribution >= 0.6 is 11.8 Å². The molecular formula is C39H58F2N6O3S. The zero-order chi connectivity index (χ0) is 36.7. The van der Waals surface area contributed by atoms with Crippen LogP contribution < -0.4 is 10.2 Å². The summed E-state index contributed by atoms with van der Waals surface area (Å²) in [6.45, 7) is 17.5. The number of hydrogen-bond donors (Lipinski definition) is 1. The minimum Gasteiger partial charge on any atom is -0.366 e. The number of benzene rings is 2. The Morgan fingerprint density at radius 3 is 2.29 bits per heavy atom. The van der Waals surface area contributed by atoms with Gasteiger partial charge in [0, 0.05) is 90.5 Å². The number of para-hydroxylation sites is 1. The number of rotatable bonds is 7. The third kappa shape index (κ3) is 8.48. The number of nitrogens with zero attached hydrogens (tertiary/aromatic N) is 5. The van der Waals surface area contributed by atoms with Crippen molar-refractivity contribution < 1.29 is 26.0 Å². The van der Waals surface area contributed by atoms with E-state index < -0.39 is 22.3 Å². The van der Waals surface area contributed by atoms with Gasteiger partial charge in [-0.15, -0.1) is 11.8 Å². The number of anilines is 2. The smallest absolute Gasteiger partial charge is 0.322 e. The van der Waals surface area contributed by atoms with Crippen molar-refractivity contribution in [2.75, 3.05) is 62.6 Å². The number of likely N-dealkylation sites (tertiary alicyclic amines) is 1. The van der Waals surface area contributed by atoms with Gasteiger partial charge in [0.05, 0.1) is 10.9 Å². The number of carbonyl (C=O) groups is 3. The Hall–Kier alpha value is -3.38. The monoisotopic (exact) mass is 728 g/mol.